The summed E-state index contributed by atoms with van der Waals surface area (Å²) < 4.78 is 48.0. The molecule has 0 aliphatic carbocycles. The molecule has 29 heavy (non-hydrogen) atoms. The van der Waals surface area contributed by atoms with Gasteiger partial charge in [0.2, 0.25) is 5.88 Å². The van der Waals surface area contributed by atoms with Gasteiger partial charge in [0.05, 0.1) is 25.1 Å². The normalized spacial score (nSPS) is 19.6. The van der Waals surface area contributed by atoms with Crippen LogP contribution in [0.25, 0.3) is 0 Å². The number of halogens is 5. The number of pyridine rings is 1. The van der Waals surface area contributed by atoms with Gasteiger partial charge in [-0.15, -0.1) is 24.0 Å². The number of carbonyl (C=O) groups is 1. The van der Waals surface area contributed by atoms with Crippen molar-refractivity contribution < 1.29 is 27.4 Å². The van der Waals surface area contributed by atoms with Crippen molar-refractivity contribution in [2.24, 2.45) is 16.8 Å². The molecule has 12 heteroatoms. The molecule has 0 spiro atoms. The van der Waals surface area contributed by atoms with Gasteiger partial charge in [-0.05, 0) is 12.0 Å². The first-order valence-corrected chi connectivity index (χ1v) is 8.94. The minimum Gasteiger partial charge on any atom is -0.475 e. The number of esters is 1. The zero-order valence-corrected chi connectivity index (χ0v) is 19.2. The smallest absolute Gasteiger partial charge is 0.417 e. The monoisotopic (exact) mass is 550 g/mol. The van der Waals surface area contributed by atoms with Gasteiger partial charge in [0, 0.05) is 26.3 Å². The van der Waals surface area contributed by atoms with Gasteiger partial charge >= 0.3 is 12.1 Å². The van der Waals surface area contributed by atoms with Crippen molar-refractivity contribution in [3.05, 3.63) is 22.8 Å². The first-order chi connectivity index (χ1) is 13.2. The first-order valence-electron chi connectivity index (χ1n) is 8.56. The van der Waals surface area contributed by atoms with Crippen LogP contribution >= 0.6 is 35.6 Å². The Bertz CT molecular complexity index is 736. The third-order valence-corrected chi connectivity index (χ3v) is 4.66. The number of nitrogens with one attached hydrogen (secondary N) is 1. The van der Waals surface area contributed by atoms with E-state index in [-0.39, 0.29) is 59.3 Å². The van der Waals surface area contributed by atoms with E-state index in [4.69, 9.17) is 21.1 Å². The number of guanidine groups is 1. The molecule has 2 rings (SSSR count). The second-order valence-electron chi connectivity index (χ2n) is 6.34. The number of hydrogen-bond acceptors (Lipinski definition) is 5. The number of rotatable bonds is 5. The highest BCUT2D eigenvalue weighted by molar-refractivity contribution is 14.0. The van der Waals surface area contributed by atoms with Crippen LogP contribution in [-0.4, -0.2) is 62.2 Å². The molecule has 7 nitrogen and oxygen atoms in total. The van der Waals surface area contributed by atoms with Gasteiger partial charge in [-0.1, -0.05) is 18.5 Å². The molecule has 1 aliphatic heterocycles. The Kier molecular flexibility index (Phi) is 9.73. The van der Waals surface area contributed by atoms with Crippen LogP contribution in [-0.2, 0) is 15.7 Å². The standard InChI is InChI=1S/C17H22ClF3N4O3.HI/c1-10-8-25(9-12(10)15(26)27-3)16(22-2)23-4-5-28-14-13(18)6-11(7-24-14)17(19,20)21;/h6-7,10,12H,4-5,8-9H2,1-3H3,(H,22,23);1H. The molecule has 1 aromatic rings. The molecule has 0 saturated carbocycles. The molecule has 0 aromatic carbocycles. The average Bonchev–Trinajstić information content (AvgIpc) is 3.02. The molecule has 2 unspecified atom stereocenters. The average molecular weight is 551 g/mol. The van der Waals surface area contributed by atoms with Crippen molar-refractivity contribution in [1.29, 1.82) is 0 Å². The van der Waals surface area contributed by atoms with E-state index in [2.05, 4.69) is 15.3 Å². The fourth-order valence-corrected chi connectivity index (χ4v) is 3.15. The lowest BCUT2D eigenvalue weighted by Crippen LogP contribution is -2.42. The first kappa shape index (κ1) is 25.5. The lowest BCUT2D eigenvalue weighted by Gasteiger charge is -2.21. The van der Waals surface area contributed by atoms with Gasteiger partial charge in [-0.2, -0.15) is 13.2 Å². The Labute approximate surface area is 189 Å². The largest absolute Gasteiger partial charge is 0.475 e. The van der Waals surface area contributed by atoms with Crippen molar-refractivity contribution in [3.8, 4) is 5.88 Å². The van der Waals surface area contributed by atoms with Crippen LogP contribution in [0.4, 0.5) is 13.2 Å². The second-order valence-corrected chi connectivity index (χ2v) is 6.75. The van der Waals surface area contributed by atoms with Gasteiger partial charge in [0.25, 0.3) is 0 Å². The molecule has 1 N–H and O–H groups in total. The molecular formula is C17H23ClF3IN4O3. The lowest BCUT2D eigenvalue weighted by molar-refractivity contribution is -0.146. The number of alkyl halides is 3. The topological polar surface area (TPSA) is 76.1 Å². The summed E-state index contributed by atoms with van der Waals surface area (Å²) in [6.45, 7) is 3.53. The molecule has 1 aromatic heterocycles. The third kappa shape index (κ3) is 6.76. The molecule has 1 saturated heterocycles. The highest BCUT2D eigenvalue weighted by atomic mass is 127. The number of ether oxygens (including phenoxy) is 2. The maximum Gasteiger partial charge on any atom is 0.417 e. The molecular weight excluding hydrogens is 528 g/mol. The Morgan fingerprint density at radius 2 is 2.14 bits per heavy atom. The summed E-state index contributed by atoms with van der Waals surface area (Å²) in [6, 6.07) is 0.773. The quantitative estimate of drug-likeness (QED) is 0.200. The van der Waals surface area contributed by atoms with Crippen LogP contribution in [0.5, 0.6) is 5.88 Å². The summed E-state index contributed by atoms with van der Waals surface area (Å²) in [5, 5.41) is 2.87. The summed E-state index contributed by atoms with van der Waals surface area (Å²) in [5.74, 6) is 0.157. The SMILES string of the molecule is CN=C(NCCOc1ncc(C(F)(F)F)cc1Cl)N1CC(C)C(C(=O)OC)C1.I. The van der Waals surface area contributed by atoms with Crippen LogP contribution in [0.2, 0.25) is 5.02 Å². The molecule has 1 aliphatic rings. The number of aromatic nitrogens is 1. The zero-order chi connectivity index (χ0) is 20.9. The van der Waals surface area contributed by atoms with Crippen LogP contribution in [0.1, 0.15) is 12.5 Å². The van der Waals surface area contributed by atoms with E-state index in [1.165, 1.54) is 7.11 Å². The van der Waals surface area contributed by atoms with Gasteiger partial charge in [0.15, 0.2) is 5.96 Å². The third-order valence-electron chi connectivity index (χ3n) is 4.39. The Morgan fingerprint density at radius 1 is 1.45 bits per heavy atom. The predicted octanol–water partition coefficient (Wildman–Crippen LogP) is 3.07. The Balaban J connectivity index is 0.00000420. The Morgan fingerprint density at radius 3 is 2.69 bits per heavy atom. The summed E-state index contributed by atoms with van der Waals surface area (Å²) in [7, 11) is 2.98. The fraction of sp³-hybridized carbons (Fsp3) is 0.588. The van der Waals surface area contributed by atoms with E-state index in [1.54, 1.807) is 7.05 Å². The van der Waals surface area contributed by atoms with Crippen LogP contribution in [0, 0.1) is 11.8 Å². The fourth-order valence-electron chi connectivity index (χ4n) is 2.93. The predicted molar refractivity (Wildman–Crippen MR) is 113 cm³/mol. The van der Waals surface area contributed by atoms with Crippen molar-refractivity contribution in [1.82, 2.24) is 15.2 Å². The highest BCUT2D eigenvalue weighted by Crippen LogP contribution is 2.33. The lowest BCUT2D eigenvalue weighted by atomic mass is 9.99. The molecule has 0 bridgehead atoms. The molecule has 164 valence electrons. The maximum atomic E-state index is 12.6. The van der Waals surface area contributed by atoms with Crippen molar-refractivity contribution >= 4 is 47.5 Å². The summed E-state index contributed by atoms with van der Waals surface area (Å²) in [6.07, 6.45) is -3.84. The van der Waals surface area contributed by atoms with Crippen molar-refractivity contribution in [2.75, 3.05) is 40.4 Å². The number of nitrogens with zero attached hydrogens (tertiary/aromatic N) is 3. The van der Waals surface area contributed by atoms with Crippen molar-refractivity contribution in [3.63, 3.8) is 0 Å². The number of methoxy groups -OCH3 is 1. The summed E-state index contributed by atoms with van der Waals surface area (Å²) in [5.41, 5.74) is -0.938. The number of aliphatic imine (C=N–C) groups is 1. The summed E-state index contributed by atoms with van der Waals surface area (Å²) >= 11 is 5.80. The molecule has 0 amide bonds. The van der Waals surface area contributed by atoms with E-state index >= 15 is 0 Å². The molecule has 2 heterocycles. The number of hydrogen-bond donors (Lipinski definition) is 1. The number of carbonyl (C=O) groups excluding carboxylic acids is 1. The second kappa shape index (κ2) is 11.0. The molecule has 2 atom stereocenters. The van der Waals surface area contributed by atoms with Gasteiger partial charge in [-0.25, -0.2) is 4.98 Å². The number of likely N-dealkylation sites (tertiary alicyclic amines) is 1. The van der Waals surface area contributed by atoms with Crippen LogP contribution in [0.3, 0.4) is 0 Å². The van der Waals surface area contributed by atoms with E-state index < -0.39 is 11.7 Å². The molecule has 1 fully saturated rings. The van der Waals surface area contributed by atoms with E-state index in [1.807, 2.05) is 11.8 Å². The van der Waals surface area contributed by atoms with Gasteiger partial charge < -0.3 is 19.7 Å². The van der Waals surface area contributed by atoms with E-state index in [0.29, 0.717) is 31.8 Å². The minimum absolute atomic E-state index is 0. The van der Waals surface area contributed by atoms with Gasteiger partial charge in [-0.3, -0.25) is 9.79 Å². The van der Waals surface area contributed by atoms with Gasteiger partial charge in [0.1, 0.15) is 11.6 Å². The highest BCUT2D eigenvalue weighted by Gasteiger charge is 2.36. The maximum absolute atomic E-state index is 12.6. The van der Waals surface area contributed by atoms with E-state index in [0.717, 1.165) is 6.07 Å². The minimum atomic E-state index is -4.52. The molecule has 0 radical (unpaired) electrons. The van der Waals surface area contributed by atoms with Crippen molar-refractivity contribution in [2.45, 2.75) is 13.1 Å². The zero-order valence-electron chi connectivity index (χ0n) is 16.1. The van der Waals surface area contributed by atoms with Crippen LogP contribution < -0.4 is 10.1 Å². The van der Waals surface area contributed by atoms with E-state index in [9.17, 15) is 18.0 Å². The summed E-state index contributed by atoms with van der Waals surface area (Å²) in [4.78, 5) is 21.5. The van der Waals surface area contributed by atoms with Crippen LogP contribution in [0.15, 0.2) is 17.3 Å². The Hall–Kier alpha value is -1.50.